The first-order chi connectivity index (χ1) is 14.0. The predicted octanol–water partition coefficient (Wildman–Crippen LogP) is 2.42. The van der Waals surface area contributed by atoms with Crippen LogP contribution in [0, 0.1) is 0 Å². The molecule has 0 unspecified atom stereocenters. The van der Waals surface area contributed by atoms with Gasteiger partial charge in [-0.25, -0.2) is 0 Å². The van der Waals surface area contributed by atoms with Gasteiger partial charge >= 0.3 is 0 Å². The Labute approximate surface area is 190 Å². The van der Waals surface area contributed by atoms with Crippen LogP contribution in [-0.4, -0.2) is 64.7 Å². The van der Waals surface area contributed by atoms with Gasteiger partial charge in [-0.3, -0.25) is 19.3 Å². The van der Waals surface area contributed by atoms with Crippen LogP contribution in [0.4, 0.5) is 0 Å². The van der Waals surface area contributed by atoms with Crippen LogP contribution >= 0.6 is 24.0 Å². The molecule has 0 aliphatic carbocycles. The predicted molar refractivity (Wildman–Crippen MR) is 124 cm³/mol. The van der Waals surface area contributed by atoms with Crippen LogP contribution in [-0.2, 0) is 0 Å². The third kappa shape index (κ3) is 5.71. The van der Waals surface area contributed by atoms with Crippen LogP contribution < -0.4 is 5.56 Å². The van der Waals surface area contributed by atoms with Gasteiger partial charge in [0.15, 0.2) is 5.78 Å². The molecule has 1 saturated heterocycles. The van der Waals surface area contributed by atoms with Crippen LogP contribution in [0.1, 0.15) is 20.7 Å². The number of nitrogens with zero attached hydrogens (tertiary/aromatic N) is 2. The maximum Gasteiger partial charge on any atom is 0.253 e. The van der Waals surface area contributed by atoms with E-state index >= 15 is 0 Å². The van der Waals surface area contributed by atoms with E-state index in [4.69, 9.17) is 11.6 Å². The highest BCUT2D eigenvalue weighted by Gasteiger charge is 2.23. The van der Waals surface area contributed by atoms with E-state index in [2.05, 4.69) is 9.88 Å². The first-order valence-corrected chi connectivity index (χ1v) is 9.81. The fraction of sp³-hybridized carbons (Fsp3) is 0.227. The number of aromatic amines is 1. The fourth-order valence-electron chi connectivity index (χ4n) is 3.54. The highest BCUT2D eigenvalue weighted by molar-refractivity contribution is 6.30. The molecule has 3 aromatic rings. The van der Waals surface area contributed by atoms with E-state index in [1.54, 1.807) is 53.4 Å². The number of carbonyl (C=O) groups is 2. The van der Waals surface area contributed by atoms with E-state index in [0.717, 1.165) is 5.39 Å². The average molecular weight is 464 g/mol. The van der Waals surface area contributed by atoms with Crippen LogP contribution in [0.15, 0.2) is 59.4 Å². The lowest BCUT2D eigenvalue weighted by Gasteiger charge is -2.34. The molecule has 0 spiro atoms. The Bertz CT molecular complexity index is 1140. The zero-order valence-electron chi connectivity index (χ0n) is 16.6. The number of halogens is 2. The van der Waals surface area contributed by atoms with Crippen molar-refractivity contribution < 1.29 is 15.1 Å². The summed E-state index contributed by atoms with van der Waals surface area (Å²) in [5.41, 5.74) is 1.74. The van der Waals surface area contributed by atoms with Gasteiger partial charge in [0, 0.05) is 53.9 Å². The maximum atomic E-state index is 12.7. The first kappa shape index (κ1) is 24.6. The number of H-pyrrole nitrogens is 1. The summed E-state index contributed by atoms with van der Waals surface area (Å²) in [6.07, 6.45) is 0. The largest absolute Gasteiger partial charge is 0.412 e. The van der Waals surface area contributed by atoms with E-state index in [0.29, 0.717) is 54.4 Å². The molecule has 1 aliphatic heterocycles. The van der Waals surface area contributed by atoms with Crippen molar-refractivity contribution in [3.63, 3.8) is 0 Å². The molecule has 7 nitrogen and oxygen atoms in total. The highest BCUT2D eigenvalue weighted by Crippen LogP contribution is 2.16. The molecule has 31 heavy (non-hydrogen) atoms. The van der Waals surface area contributed by atoms with E-state index in [1.165, 1.54) is 6.07 Å². The lowest BCUT2D eigenvalue weighted by atomic mass is 10.1. The molecule has 0 atom stereocenters. The number of rotatable bonds is 4. The van der Waals surface area contributed by atoms with Gasteiger partial charge in [0.1, 0.15) is 0 Å². The summed E-state index contributed by atoms with van der Waals surface area (Å²) in [6, 6.07) is 15.4. The first-order valence-electron chi connectivity index (χ1n) is 9.43. The second-order valence-corrected chi connectivity index (χ2v) is 7.56. The Hall–Kier alpha value is -2.71. The minimum atomic E-state index is -0.165. The van der Waals surface area contributed by atoms with Crippen molar-refractivity contribution in [1.29, 1.82) is 0 Å². The van der Waals surface area contributed by atoms with Gasteiger partial charge in [0.25, 0.3) is 5.91 Å². The topological polar surface area (TPSA) is 105 Å². The van der Waals surface area contributed by atoms with Crippen molar-refractivity contribution in [3.8, 4) is 0 Å². The molecule has 1 fully saturated rings. The number of carbonyl (C=O) groups excluding carboxylic acids is 2. The summed E-state index contributed by atoms with van der Waals surface area (Å²) in [7, 11) is 0. The number of aromatic nitrogens is 1. The Morgan fingerprint density at radius 2 is 1.68 bits per heavy atom. The number of fused-ring (bicyclic) bond motifs is 1. The molecule has 9 heteroatoms. The zero-order valence-corrected chi connectivity index (χ0v) is 18.2. The smallest absolute Gasteiger partial charge is 0.253 e. The molecular weight excluding hydrogens is 441 g/mol. The van der Waals surface area contributed by atoms with E-state index in [1.807, 2.05) is 0 Å². The van der Waals surface area contributed by atoms with E-state index in [9.17, 15) is 14.4 Å². The highest BCUT2D eigenvalue weighted by atomic mass is 35.5. The van der Waals surface area contributed by atoms with Gasteiger partial charge < -0.3 is 15.4 Å². The number of Topliss-reactive ketones (excluding diaryl/α,β-unsaturated/α-hetero) is 1. The third-order valence-corrected chi connectivity index (χ3v) is 5.38. The van der Waals surface area contributed by atoms with Gasteiger partial charge in [-0.05, 0) is 47.9 Å². The van der Waals surface area contributed by atoms with Gasteiger partial charge in [0.05, 0.1) is 6.54 Å². The Morgan fingerprint density at radius 3 is 2.39 bits per heavy atom. The summed E-state index contributed by atoms with van der Waals surface area (Å²) in [6.45, 7) is 2.71. The van der Waals surface area contributed by atoms with Crippen molar-refractivity contribution in [1.82, 2.24) is 14.8 Å². The summed E-state index contributed by atoms with van der Waals surface area (Å²) in [4.78, 5) is 43.3. The second-order valence-electron chi connectivity index (χ2n) is 7.13. The fourth-order valence-corrected chi connectivity index (χ4v) is 3.73. The number of hydrogen-bond acceptors (Lipinski definition) is 4. The van der Waals surface area contributed by atoms with Crippen molar-refractivity contribution in [2.24, 2.45) is 0 Å². The number of amides is 1. The molecule has 1 aromatic heterocycles. The Morgan fingerprint density at radius 1 is 0.935 bits per heavy atom. The zero-order chi connectivity index (χ0) is 20.4. The number of benzene rings is 2. The van der Waals surface area contributed by atoms with Crippen LogP contribution in [0.3, 0.4) is 0 Å². The number of ketones is 1. The standard InChI is InChI=1S/C22H20ClN3O3.ClH.H2O/c23-18-3-1-2-17(13-18)22(29)26-10-8-25(9-11-26)14-20(27)16-4-6-19-15(12-16)5-7-21(28)24-19;;/h1-7,12-13H,8-11,14H2,(H,24,28);1H;1H2. The number of nitrogens with one attached hydrogen (secondary N) is 1. The third-order valence-electron chi connectivity index (χ3n) is 5.14. The van der Waals surface area contributed by atoms with Crippen molar-refractivity contribution >= 4 is 46.6 Å². The average Bonchev–Trinajstić information content (AvgIpc) is 2.73. The summed E-state index contributed by atoms with van der Waals surface area (Å²) in [5.74, 6) is -0.0188. The van der Waals surface area contributed by atoms with Gasteiger partial charge in [0.2, 0.25) is 5.56 Å². The molecule has 2 aromatic carbocycles. The van der Waals surface area contributed by atoms with Crippen molar-refractivity contribution in [2.45, 2.75) is 0 Å². The maximum absolute atomic E-state index is 12.7. The molecule has 0 radical (unpaired) electrons. The van der Waals surface area contributed by atoms with Crippen LogP contribution in [0.5, 0.6) is 0 Å². The van der Waals surface area contributed by atoms with Gasteiger partial charge in [-0.2, -0.15) is 0 Å². The van der Waals surface area contributed by atoms with Crippen molar-refractivity contribution in [2.75, 3.05) is 32.7 Å². The summed E-state index contributed by atoms with van der Waals surface area (Å²) >= 11 is 5.98. The molecule has 3 N–H and O–H groups in total. The SMILES string of the molecule is Cl.O.O=C(CN1CCN(C(=O)c2cccc(Cl)c2)CC1)c1ccc2[nH]c(=O)ccc2c1. The Balaban J connectivity index is 0.00000171. The normalized spacial score (nSPS) is 13.9. The molecule has 4 rings (SSSR count). The number of pyridine rings is 1. The van der Waals surface area contributed by atoms with Gasteiger partial charge in [-0.15, -0.1) is 12.4 Å². The van der Waals surface area contributed by atoms with Crippen LogP contribution in [0.25, 0.3) is 10.9 Å². The molecule has 1 aliphatic rings. The monoisotopic (exact) mass is 463 g/mol. The molecular formula is C22H23Cl2N3O4. The minimum Gasteiger partial charge on any atom is -0.412 e. The molecule has 164 valence electrons. The molecule has 2 heterocycles. The van der Waals surface area contributed by atoms with E-state index in [-0.39, 0.29) is 35.1 Å². The molecule has 0 saturated carbocycles. The van der Waals surface area contributed by atoms with Crippen molar-refractivity contribution in [3.05, 3.63) is 81.1 Å². The number of piperazine rings is 1. The Kier molecular flexibility index (Phi) is 8.36. The van der Waals surface area contributed by atoms with Crippen LogP contribution in [0.2, 0.25) is 5.02 Å². The second kappa shape index (κ2) is 10.5. The summed E-state index contributed by atoms with van der Waals surface area (Å²) < 4.78 is 0. The lowest BCUT2D eigenvalue weighted by molar-refractivity contribution is 0.0624. The van der Waals surface area contributed by atoms with Gasteiger partial charge in [-0.1, -0.05) is 17.7 Å². The van der Waals surface area contributed by atoms with E-state index < -0.39 is 0 Å². The minimum absolute atomic E-state index is 0. The quantitative estimate of drug-likeness (QED) is 0.599. The molecule has 0 bridgehead atoms. The summed E-state index contributed by atoms with van der Waals surface area (Å²) in [5, 5.41) is 1.37. The number of hydrogen-bond donors (Lipinski definition) is 1. The molecule has 1 amide bonds. The lowest BCUT2D eigenvalue weighted by Crippen LogP contribution is -2.49.